The van der Waals surface area contributed by atoms with Crippen molar-refractivity contribution in [3.63, 3.8) is 0 Å². The number of para-hydroxylation sites is 1. The number of hydrogen-bond donors (Lipinski definition) is 1. The summed E-state index contributed by atoms with van der Waals surface area (Å²) in [7, 11) is 0. The van der Waals surface area contributed by atoms with Gasteiger partial charge in [0.2, 0.25) is 5.28 Å². The van der Waals surface area contributed by atoms with Gasteiger partial charge < -0.3 is 9.84 Å². The number of rotatable bonds is 3. The minimum Gasteiger partial charge on any atom is -0.365 e. The summed E-state index contributed by atoms with van der Waals surface area (Å²) in [5.74, 6) is 1.51. The number of benzene rings is 1. The zero-order valence-electron chi connectivity index (χ0n) is 11.1. The number of aromatic nitrogens is 3. The number of nitrogens with one attached hydrogen (secondary N) is 1. The highest BCUT2D eigenvalue weighted by molar-refractivity contribution is 6.28. The number of aryl methyl sites for hydroxylation is 2. The van der Waals surface area contributed by atoms with Crippen molar-refractivity contribution in [1.82, 2.24) is 15.1 Å². The van der Waals surface area contributed by atoms with Crippen LogP contribution in [0.3, 0.4) is 0 Å². The van der Waals surface area contributed by atoms with Gasteiger partial charge in [0.1, 0.15) is 11.6 Å². The summed E-state index contributed by atoms with van der Waals surface area (Å²) in [5.41, 5.74) is 2.72. The largest absolute Gasteiger partial charge is 0.365 e. The van der Waals surface area contributed by atoms with Crippen molar-refractivity contribution in [2.45, 2.75) is 20.4 Å². The Labute approximate surface area is 121 Å². The minimum absolute atomic E-state index is 0.227. The van der Waals surface area contributed by atoms with Crippen LogP contribution in [0.5, 0.6) is 0 Å². The van der Waals surface area contributed by atoms with E-state index in [0.29, 0.717) is 12.4 Å². The first-order valence-corrected chi connectivity index (χ1v) is 6.61. The van der Waals surface area contributed by atoms with E-state index in [-0.39, 0.29) is 5.28 Å². The van der Waals surface area contributed by atoms with Crippen LogP contribution in [-0.2, 0) is 6.54 Å². The molecular formula is C14H13ClN4O. The van der Waals surface area contributed by atoms with Crippen LogP contribution in [0, 0.1) is 13.8 Å². The van der Waals surface area contributed by atoms with Crippen LogP contribution in [0.15, 0.2) is 28.8 Å². The van der Waals surface area contributed by atoms with Crippen LogP contribution < -0.4 is 5.32 Å². The molecule has 0 amide bonds. The number of anilines is 1. The van der Waals surface area contributed by atoms with Gasteiger partial charge in [-0.3, -0.25) is 0 Å². The number of fused-ring (bicyclic) bond motifs is 1. The summed E-state index contributed by atoms with van der Waals surface area (Å²) in [5, 5.41) is 8.37. The van der Waals surface area contributed by atoms with E-state index in [9.17, 15) is 0 Å². The maximum atomic E-state index is 5.95. The predicted octanol–water partition coefficient (Wildman–Crippen LogP) is 3.50. The highest BCUT2D eigenvalue weighted by atomic mass is 35.5. The molecule has 1 N–H and O–H groups in total. The third-order valence-electron chi connectivity index (χ3n) is 3.19. The van der Waals surface area contributed by atoms with Crippen molar-refractivity contribution >= 4 is 28.3 Å². The van der Waals surface area contributed by atoms with E-state index in [1.165, 1.54) is 0 Å². The van der Waals surface area contributed by atoms with Gasteiger partial charge in [-0.2, -0.15) is 0 Å². The van der Waals surface area contributed by atoms with Gasteiger partial charge in [-0.05, 0) is 37.6 Å². The Kier molecular flexibility index (Phi) is 3.28. The second kappa shape index (κ2) is 5.09. The quantitative estimate of drug-likeness (QED) is 0.747. The standard InChI is InChI=1S/C14H13ClN4O/c1-8-11(9(2)20-19-8)7-16-13-10-5-3-4-6-12(10)17-14(15)18-13/h3-6H,7H2,1-2H3,(H,16,17,18). The molecule has 20 heavy (non-hydrogen) atoms. The van der Waals surface area contributed by atoms with Crippen LogP contribution in [0.2, 0.25) is 5.28 Å². The fourth-order valence-electron chi connectivity index (χ4n) is 2.11. The normalized spacial score (nSPS) is 10.9. The summed E-state index contributed by atoms with van der Waals surface area (Å²) in [6, 6.07) is 7.73. The molecule has 2 aromatic heterocycles. The molecule has 0 aliphatic rings. The van der Waals surface area contributed by atoms with Crippen LogP contribution in [0.25, 0.3) is 10.9 Å². The molecule has 3 rings (SSSR count). The van der Waals surface area contributed by atoms with Gasteiger partial charge in [-0.15, -0.1) is 0 Å². The van der Waals surface area contributed by atoms with Crippen molar-refractivity contribution in [2.75, 3.05) is 5.32 Å². The van der Waals surface area contributed by atoms with E-state index in [1.54, 1.807) is 0 Å². The zero-order chi connectivity index (χ0) is 14.1. The first-order valence-electron chi connectivity index (χ1n) is 6.23. The van der Waals surface area contributed by atoms with Gasteiger partial charge in [0, 0.05) is 17.5 Å². The summed E-state index contributed by atoms with van der Waals surface area (Å²) < 4.78 is 5.15. The van der Waals surface area contributed by atoms with E-state index >= 15 is 0 Å². The average molecular weight is 289 g/mol. The van der Waals surface area contributed by atoms with E-state index < -0.39 is 0 Å². The van der Waals surface area contributed by atoms with Gasteiger partial charge in [-0.1, -0.05) is 17.3 Å². The number of hydrogen-bond acceptors (Lipinski definition) is 5. The van der Waals surface area contributed by atoms with Crippen LogP contribution in [0.1, 0.15) is 17.0 Å². The zero-order valence-corrected chi connectivity index (χ0v) is 11.9. The summed E-state index contributed by atoms with van der Waals surface area (Å²) >= 11 is 5.95. The maximum absolute atomic E-state index is 5.95. The first-order chi connectivity index (χ1) is 9.65. The molecule has 2 heterocycles. The lowest BCUT2D eigenvalue weighted by molar-refractivity contribution is 0.392. The van der Waals surface area contributed by atoms with Crippen molar-refractivity contribution in [3.05, 3.63) is 46.6 Å². The molecule has 0 aliphatic carbocycles. The Morgan fingerprint density at radius 2 is 2.00 bits per heavy atom. The molecule has 0 spiro atoms. The molecule has 102 valence electrons. The summed E-state index contributed by atoms with van der Waals surface area (Å²) in [6.45, 7) is 4.39. The van der Waals surface area contributed by atoms with Crippen LogP contribution in [0.4, 0.5) is 5.82 Å². The van der Waals surface area contributed by atoms with E-state index in [1.807, 2.05) is 38.1 Å². The predicted molar refractivity (Wildman–Crippen MR) is 77.9 cm³/mol. The molecule has 5 nitrogen and oxygen atoms in total. The smallest absolute Gasteiger partial charge is 0.224 e. The highest BCUT2D eigenvalue weighted by Gasteiger charge is 2.11. The first kappa shape index (κ1) is 12.9. The Morgan fingerprint density at radius 3 is 2.75 bits per heavy atom. The van der Waals surface area contributed by atoms with Crippen molar-refractivity contribution in [3.8, 4) is 0 Å². The fraction of sp³-hybridized carbons (Fsp3) is 0.214. The third-order valence-corrected chi connectivity index (χ3v) is 3.36. The highest BCUT2D eigenvalue weighted by Crippen LogP contribution is 2.23. The topological polar surface area (TPSA) is 63.8 Å². The van der Waals surface area contributed by atoms with Crippen LogP contribution >= 0.6 is 11.6 Å². The average Bonchev–Trinajstić information content (AvgIpc) is 2.75. The van der Waals surface area contributed by atoms with Gasteiger partial charge in [0.15, 0.2) is 0 Å². The van der Waals surface area contributed by atoms with E-state index in [0.717, 1.165) is 27.9 Å². The summed E-state index contributed by atoms with van der Waals surface area (Å²) in [4.78, 5) is 8.45. The second-order valence-electron chi connectivity index (χ2n) is 4.51. The Morgan fingerprint density at radius 1 is 1.20 bits per heavy atom. The summed E-state index contributed by atoms with van der Waals surface area (Å²) in [6.07, 6.45) is 0. The molecule has 6 heteroatoms. The fourth-order valence-corrected chi connectivity index (χ4v) is 2.28. The minimum atomic E-state index is 0.227. The SMILES string of the molecule is Cc1noc(C)c1CNc1nc(Cl)nc2ccccc12. The molecule has 0 atom stereocenters. The molecule has 1 aromatic carbocycles. The molecule has 0 bridgehead atoms. The lowest BCUT2D eigenvalue weighted by Gasteiger charge is -2.08. The van der Waals surface area contributed by atoms with Crippen molar-refractivity contribution in [1.29, 1.82) is 0 Å². The molecule has 0 unspecified atom stereocenters. The number of nitrogens with zero attached hydrogens (tertiary/aromatic N) is 3. The van der Waals surface area contributed by atoms with Crippen molar-refractivity contribution in [2.24, 2.45) is 0 Å². The Bertz CT molecular complexity index is 749. The van der Waals surface area contributed by atoms with Crippen LogP contribution in [-0.4, -0.2) is 15.1 Å². The molecule has 0 aliphatic heterocycles. The molecule has 0 fully saturated rings. The molecule has 3 aromatic rings. The molecule has 0 radical (unpaired) electrons. The molecule has 0 saturated heterocycles. The third kappa shape index (κ3) is 2.32. The monoisotopic (exact) mass is 288 g/mol. The lowest BCUT2D eigenvalue weighted by Crippen LogP contribution is -2.04. The van der Waals surface area contributed by atoms with Gasteiger partial charge >= 0.3 is 0 Å². The second-order valence-corrected chi connectivity index (χ2v) is 4.85. The molecule has 0 saturated carbocycles. The van der Waals surface area contributed by atoms with Gasteiger partial charge in [0.25, 0.3) is 0 Å². The van der Waals surface area contributed by atoms with Gasteiger partial charge in [0.05, 0.1) is 11.2 Å². The molecular weight excluding hydrogens is 276 g/mol. The number of halogens is 1. The maximum Gasteiger partial charge on any atom is 0.224 e. The Balaban J connectivity index is 1.95. The van der Waals surface area contributed by atoms with Gasteiger partial charge in [-0.25, -0.2) is 9.97 Å². The van der Waals surface area contributed by atoms with Crippen molar-refractivity contribution < 1.29 is 4.52 Å². The van der Waals surface area contributed by atoms with E-state index in [2.05, 4.69) is 20.4 Å². The van der Waals surface area contributed by atoms with E-state index in [4.69, 9.17) is 16.1 Å². The lowest BCUT2D eigenvalue weighted by atomic mass is 10.2. The Hall–Kier alpha value is -2.14.